The summed E-state index contributed by atoms with van der Waals surface area (Å²) in [5.74, 6) is -0.313. The highest BCUT2D eigenvalue weighted by atomic mass is 35.5. The number of piperazine rings is 1. The van der Waals surface area contributed by atoms with E-state index in [0.29, 0.717) is 10.6 Å². The fourth-order valence-corrected chi connectivity index (χ4v) is 7.01. The number of nitrogens with two attached hydrogens (primary N) is 1. The van der Waals surface area contributed by atoms with Gasteiger partial charge in [0.2, 0.25) is 5.91 Å². The highest BCUT2D eigenvalue weighted by molar-refractivity contribution is 7.98. The van der Waals surface area contributed by atoms with Gasteiger partial charge >= 0.3 is 0 Å². The number of aromatic hydroxyl groups is 1. The van der Waals surface area contributed by atoms with Crippen molar-refractivity contribution in [2.24, 2.45) is 11.7 Å². The molecule has 43 heavy (non-hydrogen) atoms. The number of nitrogens with zero attached hydrogens (tertiary/aromatic N) is 3. The van der Waals surface area contributed by atoms with Gasteiger partial charge in [-0.1, -0.05) is 35.9 Å². The van der Waals surface area contributed by atoms with Gasteiger partial charge in [0.1, 0.15) is 11.6 Å². The number of benzene rings is 3. The Kier molecular flexibility index (Phi) is 12.2. The summed E-state index contributed by atoms with van der Waals surface area (Å²) in [4.78, 5) is 21.4. The van der Waals surface area contributed by atoms with Gasteiger partial charge in [0, 0.05) is 55.3 Å². The van der Waals surface area contributed by atoms with E-state index in [2.05, 4.69) is 40.3 Å². The van der Waals surface area contributed by atoms with Gasteiger partial charge < -0.3 is 20.6 Å². The molecular formula is C33H41Cl2FN4O2S. The summed E-state index contributed by atoms with van der Waals surface area (Å²) in [6.07, 6.45) is 4.63. The monoisotopic (exact) mass is 646 g/mol. The van der Waals surface area contributed by atoms with Gasteiger partial charge in [-0.2, -0.15) is 0 Å². The van der Waals surface area contributed by atoms with Gasteiger partial charge in [0.15, 0.2) is 0 Å². The predicted molar refractivity (Wildman–Crippen MR) is 177 cm³/mol. The minimum Gasteiger partial charge on any atom is -0.508 e. The molecule has 0 saturated carbocycles. The Hall–Kier alpha value is -2.33. The zero-order valence-corrected chi connectivity index (χ0v) is 26.9. The number of amides is 1. The minimum absolute atomic E-state index is 0. The Morgan fingerprint density at radius 2 is 1.72 bits per heavy atom. The molecule has 2 saturated heterocycles. The number of thioether (sulfide) groups is 1. The second kappa shape index (κ2) is 15.6. The molecule has 2 heterocycles. The van der Waals surface area contributed by atoms with E-state index in [9.17, 15) is 14.3 Å². The molecule has 0 aliphatic carbocycles. The molecule has 0 bridgehead atoms. The third kappa shape index (κ3) is 8.65. The number of carbonyl (C=O) groups excluding carboxylic acids is 1. The highest BCUT2D eigenvalue weighted by Gasteiger charge is 2.32. The third-order valence-corrected chi connectivity index (χ3v) is 9.73. The second-order valence-corrected chi connectivity index (χ2v) is 12.7. The molecule has 2 aliphatic rings. The lowest BCUT2D eigenvalue weighted by molar-refractivity contribution is -0.136. The first kappa shape index (κ1) is 33.6. The summed E-state index contributed by atoms with van der Waals surface area (Å²) < 4.78 is 14.0. The van der Waals surface area contributed by atoms with E-state index in [4.69, 9.17) is 17.3 Å². The van der Waals surface area contributed by atoms with E-state index >= 15 is 0 Å². The average Bonchev–Trinajstić information content (AvgIpc) is 3.00. The van der Waals surface area contributed by atoms with Crippen LogP contribution >= 0.6 is 35.8 Å². The highest BCUT2D eigenvalue weighted by Crippen LogP contribution is 2.31. The number of hydrogen-bond acceptors (Lipinski definition) is 6. The molecule has 5 rings (SSSR count). The van der Waals surface area contributed by atoms with Gasteiger partial charge in [-0.15, -0.1) is 24.2 Å². The SMILES string of the molecule is CSc1ccccc1CN1CCN(C(=O)[C@H](N)C2CCN(CCc3cc(Cl)ccc3-c3cc(O)cc(F)c3)CC2)CC1.Cl. The molecule has 2 aliphatic heterocycles. The van der Waals surface area contributed by atoms with Crippen LogP contribution in [0.4, 0.5) is 4.39 Å². The van der Waals surface area contributed by atoms with Crippen molar-refractivity contribution in [2.75, 3.05) is 52.1 Å². The average molecular weight is 648 g/mol. The first-order chi connectivity index (χ1) is 20.3. The van der Waals surface area contributed by atoms with E-state index < -0.39 is 11.9 Å². The quantitative estimate of drug-likeness (QED) is 0.281. The van der Waals surface area contributed by atoms with Crippen LogP contribution in [0.25, 0.3) is 11.1 Å². The van der Waals surface area contributed by atoms with Crippen molar-refractivity contribution in [1.82, 2.24) is 14.7 Å². The van der Waals surface area contributed by atoms with E-state index in [1.807, 2.05) is 17.0 Å². The van der Waals surface area contributed by atoms with Crippen molar-refractivity contribution in [3.05, 3.63) is 82.6 Å². The lowest BCUT2D eigenvalue weighted by Crippen LogP contribution is -2.55. The Morgan fingerprint density at radius 1 is 1.00 bits per heavy atom. The van der Waals surface area contributed by atoms with Crippen LogP contribution in [0.5, 0.6) is 5.75 Å². The lowest BCUT2D eigenvalue weighted by atomic mass is 9.88. The first-order valence-electron chi connectivity index (χ1n) is 14.7. The number of hydrogen-bond donors (Lipinski definition) is 2. The summed E-state index contributed by atoms with van der Waals surface area (Å²) >= 11 is 8.08. The Bertz CT molecular complexity index is 1360. The standard InChI is InChI=1S/C33H40ClFN4O2S.ClH/c1-42-31-5-3-2-4-25(31)22-38-14-16-39(17-15-38)33(41)32(36)23-8-11-37(12-9-23)13-10-24-18-27(34)6-7-30(24)26-19-28(35)21-29(40)20-26;/h2-7,18-21,23,32,40H,8-17,22,36H2,1H3;1H/t32-;/m1./s1. The topological polar surface area (TPSA) is 73.0 Å². The number of halogens is 3. The van der Waals surface area contributed by atoms with Gasteiger partial charge in [-0.05, 0) is 97.1 Å². The van der Waals surface area contributed by atoms with Crippen molar-refractivity contribution in [3.8, 4) is 16.9 Å². The molecule has 6 nitrogen and oxygen atoms in total. The summed E-state index contributed by atoms with van der Waals surface area (Å²) in [6.45, 7) is 6.66. The van der Waals surface area contributed by atoms with Crippen LogP contribution in [-0.2, 0) is 17.8 Å². The van der Waals surface area contributed by atoms with Crippen LogP contribution < -0.4 is 5.73 Å². The molecule has 10 heteroatoms. The fourth-order valence-electron chi connectivity index (χ4n) is 6.21. The van der Waals surface area contributed by atoms with Crippen LogP contribution in [0, 0.1) is 11.7 Å². The van der Waals surface area contributed by atoms with Crippen molar-refractivity contribution in [3.63, 3.8) is 0 Å². The largest absolute Gasteiger partial charge is 0.508 e. The maximum atomic E-state index is 14.0. The maximum Gasteiger partial charge on any atom is 0.239 e. The van der Waals surface area contributed by atoms with Crippen LogP contribution in [0.2, 0.25) is 5.02 Å². The molecule has 2 fully saturated rings. The van der Waals surface area contributed by atoms with E-state index in [1.165, 1.54) is 16.5 Å². The molecule has 1 amide bonds. The van der Waals surface area contributed by atoms with Crippen LogP contribution in [0.1, 0.15) is 24.0 Å². The van der Waals surface area contributed by atoms with E-state index in [1.54, 1.807) is 23.9 Å². The lowest BCUT2D eigenvalue weighted by Gasteiger charge is -2.39. The normalized spacial score (nSPS) is 17.4. The molecule has 3 aromatic carbocycles. The van der Waals surface area contributed by atoms with Gasteiger partial charge in [0.05, 0.1) is 6.04 Å². The Morgan fingerprint density at radius 3 is 2.42 bits per heavy atom. The third-order valence-electron chi connectivity index (χ3n) is 8.65. The predicted octanol–water partition coefficient (Wildman–Crippen LogP) is 5.92. The van der Waals surface area contributed by atoms with Crippen molar-refractivity contribution in [2.45, 2.75) is 36.7 Å². The molecule has 3 aromatic rings. The van der Waals surface area contributed by atoms with Crippen LogP contribution in [-0.4, -0.2) is 83.8 Å². The molecule has 232 valence electrons. The molecule has 0 aromatic heterocycles. The summed E-state index contributed by atoms with van der Waals surface area (Å²) in [7, 11) is 0. The minimum atomic E-state index is -0.474. The Labute approximate surface area is 269 Å². The second-order valence-electron chi connectivity index (χ2n) is 11.4. The Balaban J connectivity index is 0.00000423. The first-order valence-corrected chi connectivity index (χ1v) is 16.3. The molecular weight excluding hydrogens is 606 g/mol. The molecule has 0 spiro atoms. The van der Waals surface area contributed by atoms with Crippen molar-refractivity contribution >= 4 is 41.7 Å². The zero-order valence-electron chi connectivity index (χ0n) is 24.6. The smallest absolute Gasteiger partial charge is 0.239 e. The summed E-state index contributed by atoms with van der Waals surface area (Å²) in [6, 6.07) is 17.8. The number of phenols is 1. The molecule has 0 radical (unpaired) electrons. The number of piperidine rings is 1. The number of phenolic OH excluding ortho intramolecular Hbond substituents is 1. The maximum absolute atomic E-state index is 14.0. The van der Waals surface area contributed by atoms with Crippen molar-refractivity contribution < 1.29 is 14.3 Å². The number of likely N-dealkylation sites (tertiary alicyclic amines) is 1. The zero-order chi connectivity index (χ0) is 29.6. The summed E-state index contributed by atoms with van der Waals surface area (Å²) in [5, 5.41) is 10.5. The van der Waals surface area contributed by atoms with Gasteiger partial charge in [-0.25, -0.2) is 4.39 Å². The van der Waals surface area contributed by atoms with E-state index in [0.717, 1.165) is 88.8 Å². The number of rotatable bonds is 9. The number of carbonyl (C=O) groups is 1. The van der Waals surface area contributed by atoms with Gasteiger partial charge in [0.25, 0.3) is 0 Å². The van der Waals surface area contributed by atoms with Crippen LogP contribution in [0.15, 0.2) is 65.6 Å². The molecule has 3 N–H and O–H groups in total. The van der Waals surface area contributed by atoms with Crippen LogP contribution in [0.3, 0.4) is 0 Å². The summed E-state index contributed by atoms with van der Waals surface area (Å²) in [5.41, 5.74) is 10.4. The molecule has 1 atom stereocenters. The van der Waals surface area contributed by atoms with E-state index in [-0.39, 0.29) is 30.0 Å². The van der Waals surface area contributed by atoms with Gasteiger partial charge in [-0.3, -0.25) is 9.69 Å². The molecule has 0 unspecified atom stereocenters. The fraction of sp³-hybridized carbons (Fsp3) is 0.424. The van der Waals surface area contributed by atoms with Crippen molar-refractivity contribution in [1.29, 1.82) is 0 Å².